The molecule has 0 unspecified atom stereocenters. The third kappa shape index (κ3) is 75.5. The van der Waals surface area contributed by atoms with Gasteiger partial charge in [-0.05, 0) is 193 Å². The van der Waals surface area contributed by atoms with Gasteiger partial charge in [-0.25, -0.2) is 0 Å². The summed E-state index contributed by atoms with van der Waals surface area (Å²) in [4.78, 5) is 88.1. The maximum atomic E-state index is 15.1. The number of ether oxygens (including phenoxy) is 9. The monoisotopic (exact) mass is 1930 g/mol. The van der Waals surface area contributed by atoms with Gasteiger partial charge in [0.25, 0.3) is 0 Å². The van der Waals surface area contributed by atoms with Crippen molar-refractivity contribution in [2.45, 2.75) is 636 Å². The van der Waals surface area contributed by atoms with Crippen molar-refractivity contribution >= 4 is 35.8 Å². The molecule has 0 amide bonds. The largest absolute Gasteiger partial charge is 0.463 e. The fourth-order valence-electron chi connectivity index (χ4n) is 18.5. The summed E-state index contributed by atoms with van der Waals surface area (Å²) in [6, 6.07) is 0. The van der Waals surface area contributed by atoms with E-state index < -0.39 is 110 Å². The summed E-state index contributed by atoms with van der Waals surface area (Å²) >= 11 is 0. The Kier molecular flexibility index (Phi) is 90.9. The molecule has 0 aromatic heterocycles. The van der Waals surface area contributed by atoms with Crippen LogP contribution in [0.1, 0.15) is 581 Å². The number of aliphatic hydroxyl groups excluding tert-OH is 2. The molecule has 2 N–H and O–H groups in total. The van der Waals surface area contributed by atoms with Gasteiger partial charge in [0.05, 0.1) is 6.61 Å². The molecule has 2 aliphatic heterocycles. The molecule has 0 aromatic rings. The topological polar surface area (TPSA) is 226 Å². The Morgan fingerprint density at radius 1 is 0.248 bits per heavy atom. The number of rotatable bonds is 101. The van der Waals surface area contributed by atoms with Crippen LogP contribution < -0.4 is 0 Å². The number of esters is 6. The van der Waals surface area contributed by atoms with Gasteiger partial charge in [-0.1, -0.05) is 423 Å². The lowest BCUT2D eigenvalue weighted by atomic mass is 9.97. The zero-order valence-corrected chi connectivity index (χ0v) is 89.6. The number of carbonyl (C=O) groups excluding carboxylic acids is 6. The standard InChI is InChI=1S/C120H214O17/c1-7-13-19-25-31-37-43-49-55-61-67-73-79-85-91-97-108(122)129-104-107-115(132-110(124)99-93-87-81-75-69-63-57-51-45-39-33-27-21-15-9-3)118(135-113(127)102-96-90-84-78-72-66-60-54-48-42-36-30-24-18-12-6)120(136-107,105-130-109(123)98-92-86-80-74-68-62-56-50-44-38-32-26-20-14-8-2)137-119-117(134-112(126)101-95-89-83-77-71-65-59-53-47-41-35-29-23-17-11-5)116(114(128)106(103-121)131-119)133-111(125)100-94-88-82-76-70-64-58-52-46-40-34-28-22-16-10-4/h49-60,106-107,114-119,121,128H,7-48,61-105H2,1-6H3/t106-,107-,114-,115-,116+,117-,118+,119-,120+/m1/s1. The molecular weight excluding hydrogens is 1710 g/mol. The van der Waals surface area contributed by atoms with Crippen molar-refractivity contribution in [3.63, 3.8) is 0 Å². The average Bonchev–Trinajstić information content (AvgIpc) is 1.62. The number of hydrogen-bond donors (Lipinski definition) is 2. The number of unbranched alkanes of at least 4 members (excludes halogenated alkanes) is 66. The zero-order valence-electron chi connectivity index (χ0n) is 89.6. The number of allylic oxidation sites excluding steroid dienone is 12. The van der Waals surface area contributed by atoms with Crippen molar-refractivity contribution in [1.29, 1.82) is 0 Å². The second-order valence-corrected chi connectivity index (χ2v) is 40.4. The lowest BCUT2D eigenvalue weighted by Gasteiger charge is -2.45. The van der Waals surface area contributed by atoms with Gasteiger partial charge in [0, 0.05) is 38.5 Å². The van der Waals surface area contributed by atoms with Crippen LogP contribution in [-0.2, 0) is 71.4 Å². The first-order chi connectivity index (χ1) is 67.3. The maximum Gasteiger partial charge on any atom is 0.306 e. The van der Waals surface area contributed by atoms with E-state index in [0.29, 0.717) is 38.5 Å². The Morgan fingerprint density at radius 3 is 0.715 bits per heavy atom. The molecular formula is C120H214O17. The van der Waals surface area contributed by atoms with Crippen LogP contribution in [0.25, 0.3) is 0 Å². The van der Waals surface area contributed by atoms with E-state index in [-0.39, 0.29) is 38.5 Å². The van der Waals surface area contributed by atoms with Crippen LogP contribution >= 0.6 is 0 Å². The van der Waals surface area contributed by atoms with E-state index in [0.717, 1.165) is 231 Å². The predicted molar refractivity (Wildman–Crippen MR) is 569 cm³/mol. The highest BCUT2D eigenvalue weighted by Gasteiger charge is 2.65. The zero-order chi connectivity index (χ0) is 99.0. The molecule has 0 aliphatic carbocycles. The van der Waals surface area contributed by atoms with E-state index in [1.54, 1.807) is 0 Å². The second-order valence-electron chi connectivity index (χ2n) is 40.4. The van der Waals surface area contributed by atoms with Gasteiger partial charge in [0.15, 0.2) is 24.4 Å². The molecule has 0 radical (unpaired) electrons. The molecule has 2 rings (SSSR count). The highest BCUT2D eigenvalue weighted by Crippen LogP contribution is 2.42. The van der Waals surface area contributed by atoms with Gasteiger partial charge in [-0.3, -0.25) is 28.8 Å². The lowest BCUT2D eigenvalue weighted by molar-refractivity contribution is -0.384. The third-order valence-corrected chi connectivity index (χ3v) is 27.3. The minimum atomic E-state index is -2.52. The smallest absolute Gasteiger partial charge is 0.306 e. The predicted octanol–water partition coefficient (Wildman–Crippen LogP) is 34.1. The first-order valence-corrected chi connectivity index (χ1v) is 58.6. The summed E-state index contributed by atoms with van der Waals surface area (Å²) in [6.45, 7) is 11.3. The first-order valence-electron chi connectivity index (χ1n) is 58.6. The van der Waals surface area contributed by atoms with Gasteiger partial charge in [0.1, 0.15) is 31.5 Å². The fraction of sp³-hybridized carbons (Fsp3) is 0.850. The van der Waals surface area contributed by atoms with Crippen LogP contribution in [0.5, 0.6) is 0 Å². The Balaban J connectivity index is 2.81. The molecule has 796 valence electrons. The summed E-state index contributed by atoms with van der Waals surface area (Å²) in [5.74, 6) is -6.37. The van der Waals surface area contributed by atoms with E-state index in [1.807, 2.05) is 0 Å². The fourth-order valence-corrected chi connectivity index (χ4v) is 18.5. The van der Waals surface area contributed by atoms with Gasteiger partial charge in [0.2, 0.25) is 12.1 Å². The normalized spacial score (nSPS) is 18.6. The SMILES string of the molecule is CCCCCCCCC=CCCCCCCCC(=O)OC[C@H]1O[C@@](COC(=O)CCCCCCCC=CCCCCCCCC)(O[C@H]2O[C@H](CO)[C@@H](O)[C@H](OC(=O)CCCCCCCC=CCCCCCCCC)[C@H]2OC(=O)CCCCCCCC=CCCCCCCCC)[C@@H](OC(=O)CCCCCCCC=CCCCCCCCC)[C@@H]1OC(=O)CCCCCCCC=CCCCCCCCC. The molecule has 2 fully saturated rings. The van der Waals surface area contributed by atoms with E-state index in [4.69, 9.17) is 42.6 Å². The summed E-state index contributed by atoms with van der Waals surface area (Å²) < 4.78 is 59.6. The van der Waals surface area contributed by atoms with Gasteiger partial charge in [-0.15, -0.1) is 0 Å². The third-order valence-electron chi connectivity index (χ3n) is 27.3. The Morgan fingerprint density at radius 2 is 0.460 bits per heavy atom. The number of aliphatic hydroxyl groups is 2. The van der Waals surface area contributed by atoms with Crippen LogP contribution in [0.4, 0.5) is 0 Å². The average molecular weight is 1930 g/mol. The van der Waals surface area contributed by atoms with Gasteiger partial charge in [-0.2, -0.15) is 0 Å². The summed E-state index contributed by atoms with van der Waals surface area (Å²) in [7, 11) is 0. The summed E-state index contributed by atoms with van der Waals surface area (Å²) in [6.07, 6.45) is 97.5. The summed E-state index contributed by atoms with van der Waals surface area (Å²) in [5.41, 5.74) is 0. The highest BCUT2D eigenvalue weighted by atomic mass is 16.8. The lowest BCUT2D eigenvalue weighted by Crippen LogP contribution is -2.65. The van der Waals surface area contributed by atoms with Crippen molar-refractivity contribution in [3.05, 3.63) is 72.9 Å². The molecule has 2 heterocycles. The molecule has 137 heavy (non-hydrogen) atoms. The Hall–Kier alpha value is -4.94. The molecule has 17 nitrogen and oxygen atoms in total. The molecule has 2 saturated heterocycles. The molecule has 0 saturated carbocycles. The van der Waals surface area contributed by atoms with Gasteiger partial charge >= 0.3 is 35.8 Å². The Labute approximate surface area is 841 Å². The molecule has 2 aliphatic rings. The molecule has 17 heteroatoms. The second kappa shape index (κ2) is 97.2. The van der Waals surface area contributed by atoms with Crippen molar-refractivity contribution < 1.29 is 81.6 Å². The summed E-state index contributed by atoms with van der Waals surface area (Å²) in [5, 5.41) is 23.7. The molecule has 9 atom stereocenters. The van der Waals surface area contributed by atoms with E-state index >= 15 is 4.79 Å². The van der Waals surface area contributed by atoms with Crippen molar-refractivity contribution in [1.82, 2.24) is 0 Å². The van der Waals surface area contributed by atoms with Crippen molar-refractivity contribution in [3.8, 4) is 0 Å². The van der Waals surface area contributed by atoms with Crippen LogP contribution in [0.15, 0.2) is 72.9 Å². The minimum Gasteiger partial charge on any atom is -0.463 e. The number of carbonyl (C=O) groups is 6. The van der Waals surface area contributed by atoms with Crippen LogP contribution in [0.3, 0.4) is 0 Å². The highest BCUT2D eigenvalue weighted by molar-refractivity contribution is 5.72. The molecule has 0 aromatic carbocycles. The van der Waals surface area contributed by atoms with Gasteiger partial charge < -0.3 is 52.8 Å². The first kappa shape index (κ1) is 128. The van der Waals surface area contributed by atoms with E-state index in [2.05, 4.69) is 114 Å². The quantitative estimate of drug-likeness (QED) is 0.0250. The van der Waals surface area contributed by atoms with Crippen LogP contribution in [-0.4, -0.2) is 121 Å². The molecule has 0 spiro atoms. The minimum absolute atomic E-state index is 0.00394. The number of hydrogen-bond acceptors (Lipinski definition) is 17. The molecule has 0 bridgehead atoms. The van der Waals surface area contributed by atoms with Crippen molar-refractivity contribution in [2.75, 3.05) is 19.8 Å². The van der Waals surface area contributed by atoms with E-state index in [1.165, 1.54) is 231 Å². The van der Waals surface area contributed by atoms with Crippen LogP contribution in [0, 0.1) is 0 Å². The van der Waals surface area contributed by atoms with Crippen LogP contribution in [0.2, 0.25) is 0 Å². The van der Waals surface area contributed by atoms with E-state index in [9.17, 15) is 34.2 Å². The Bertz CT molecular complexity index is 2940. The van der Waals surface area contributed by atoms with Crippen molar-refractivity contribution in [2.24, 2.45) is 0 Å². The maximum absolute atomic E-state index is 15.1.